The molecule has 0 saturated heterocycles. The summed E-state index contributed by atoms with van der Waals surface area (Å²) in [7, 11) is 0. The van der Waals surface area contributed by atoms with E-state index in [2.05, 4.69) is 22.2 Å². The Balaban J connectivity index is 1.43. The first kappa shape index (κ1) is 23.8. The van der Waals surface area contributed by atoms with E-state index in [1.807, 2.05) is 49.4 Å². The van der Waals surface area contributed by atoms with Crippen LogP contribution in [-0.2, 0) is 6.54 Å². The standard InChI is InChI=1S/C28H27N3O4/c1-3-16-34-22-9-11-23(12-10-22)35-28-21(8-5-15-29-28)18-30-26(32)24-13-14-25(31-27(24)33)20-7-4-6-19(2)17-20/h4-15,17H,3,16,18H2,1-2H3,(H,30,32)(H,31,33). The Morgan fingerprint density at radius 1 is 1.00 bits per heavy atom. The maximum Gasteiger partial charge on any atom is 0.261 e. The molecular formula is C28H27N3O4. The molecule has 0 bridgehead atoms. The van der Waals surface area contributed by atoms with Crippen LogP contribution in [0.2, 0.25) is 0 Å². The maximum atomic E-state index is 12.7. The van der Waals surface area contributed by atoms with Crippen molar-refractivity contribution in [1.29, 1.82) is 0 Å². The highest BCUT2D eigenvalue weighted by Gasteiger charge is 2.13. The first-order valence-corrected chi connectivity index (χ1v) is 11.5. The summed E-state index contributed by atoms with van der Waals surface area (Å²) in [4.78, 5) is 32.4. The Labute approximate surface area is 203 Å². The van der Waals surface area contributed by atoms with E-state index in [9.17, 15) is 9.59 Å². The number of benzene rings is 2. The van der Waals surface area contributed by atoms with Crippen molar-refractivity contribution in [2.24, 2.45) is 0 Å². The fraction of sp³-hybridized carbons (Fsp3) is 0.179. The molecule has 0 fully saturated rings. The van der Waals surface area contributed by atoms with Gasteiger partial charge >= 0.3 is 0 Å². The average Bonchev–Trinajstić information content (AvgIpc) is 2.87. The molecule has 0 aliphatic carbocycles. The highest BCUT2D eigenvalue weighted by Crippen LogP contribution is 2.25. The SMILES string of the molecule is CCCOc1ccc(Oc2ncccc2CNC(=O)c2ccc(-c3cccc(C)c3)[nH]c2=O)cc1. The zero-order chi connectivity index (χ0) is 24.6. The second-order valence-electron chi connectivity index (χ2n) is 8.06. The molecule has 7 nitrogen and oxygen atoms in total. The molecule has 0 aliphatic heterocycles. The van der Waals surface area contributed by atoms with Crippen molar-refractivity contribution in [1.82, 2.24) is 15.3 Å². The van der Waals surface area contributed by atoms with Gasteiger partial charge in [0.2, 0.25) is 5.88 Å². The minimum atomic E-state index is -0.478. The number of hydrogen-bond donors (Lipinski definition) is 2. The number of nitrogens with zero attached hydrogens (tertiary/aromatic N) is 1. The number of aryl methyl sites for hydroxylation is 1. The lowest BCUT2D eigenvalue weighted by Gasteiger charge is -2.12. The van der Waals surface area contributed by atoms with E-state index in [1.165, 1.54) is 6.07 Å². The van der Waals surface area contributed by atoms with Crippen LogP contribution >= 0.6 is 0 Å². The van der Waals surface area contributed by atoms with E-state index in [0.29, 0.717) is 29.5 Å². The van der Waals surface area contributed by atoms with Crippen molar-refractivity contribution in [2.45, 2.75) is 26.8 Å². The lowest BCUT2D eigenvalue weighted by molar-refractivity contribution is 0.0949. The zero-order valence-corrected chi connectivity index (χ0v) is 19.7. The van der Waals surface area contributed by atoms with Crippen molar-refractivity contribution in [3.63, 3.8) is 0 Å². The molecule has 35 heavy (non-hydrogen) atoms. The molecule has 2 aromatic heterocycles. The van der Waals surface area contributed by atoms with Gasteiger partial charge in [-0.15, -0.1) is 0 Å². The highest BCUT2D eigenvalue weighted by atomic mass is 16.5. The molecule has 0 spiro atoms. The fourth-order valence-electron chi connectivity index (χ4n) is 3.49. The van der Waals surface area contributed by atoms with Crippen LogP contribution in [0.15, 0.2) is 83.8 Å². The predicted octanol–water partition coefficient (Wildman–Crippen LogP) is 5.26. The van der Waals surface area contributed by atoms with Crippen LogP contribution in [0.3, 0.4) is 0 Å². The van der Waals surface area contributed by atoms with Crippen molar-refractivity contribution >= 4 is 5.91 Å². The first-order chi connectivity index (χ1) is 17.0. The molecule has 0 aliphatic rings. The van der Waals surface area contributed by atoms with Crippen LogP contribution < -0.4 is 20.3 Å². The van der Waals surface area contributed by atoms with Crippen LogP contribution in [0, 0.1) is 6.92 Å². The van der Waals surface area contributed by atoms with Gasteiger partial charge in [-0.25, -0.2) is 4.98 Å². The molecule has 4 aromatic rings. The number of carbonyl (C=O) groups is 1. The van der Waals surface area contributed by atoms with Gasteiger partial charge in [0.15, 0.2) is 0 Å². The van der Waals surface area contributed by atoms with E-state index in [0.717, 1.165) is 23.3 Å². The van der Waals surface area contributed by atoms with Crippen molar-refractivity contribution < 1.29 is 14.3 Å². The lowest BCUT2D eigenvalue weighted by atomic mass is 10.1. The summed E-state index contributed by atoms with van der Waals surface area (Å²) in [5.74, 6) is 1.27. The van der Waals surface area contributed by atoms with Crippen LogP contribution in [-0.4, -0.2) is 22.5 Å². The van der Waals surface area contributed by atoms with Gasteiger partial charge in [0.1, 0.15) is 17.1 Å². The number of aromatic amines is 1. The summed E-state index contributed by atoms with van der Waals surface area (Å²) >= 11 is 0. The highest BCUT2D eigenvalue weighted by molar-refractivity contribution is 5.94. The zero-order valence-electron chi connectivity index (χ0n) is 19.7. The lowest BCUT2D eigenvalue weighted by Crippen LogP contribution is -2.29. The Hall–Kier alpha value is -4.39. The fourth-order valence-corrected chi connectivity index (χ4v) is 3.49. The smallest absolute Gasteiger partial charge is 0.261 e. The maximum absolute atomic E-state index is 12.7. The summed E-state index contributed by atoms with van der Waals surface area (Å²) < 4.78 is 11.5. The van der Waals surface area contributed by atoms with Gasteiger partial charge in [-0.1, -0.05) is 36.8 Å². The molecule has 4 rings (SSSR count). The minimum Gasteiger partial charge on any atom is -0.494 e. The van der Waals surface area contributed by atoms with Crippen molar-refractivity contribution in [3.05, 3.63) is 106 Å². The number of carbonyl (C=O) groups excluding carboxylic acids is 1. The molecule has 2 N–H and O–H groups in total. The van der Waals surface area contributed by atoms with Gasteiger partial charge in [-0.2, -0.15) is 0 Å². The van der Waals surface area contributed by atoms with Gasteiger partial charge in [0.05, 0.1) is 6.61 Å². The summed E-state index contributed by atoms with van der Waals surface area (Å²) in [6.07, 6.45) is 2.55. The molecular weight excluding hydrogens is 442 g/mol. The molecule has 0 radical (unpaired) electrons. The topological polar surface area (TPSA) is 93.3 Å². The number of aromatic nitrogens is 2. The quantitative estimate of drug-likeness (QED) is 0.349. The van der Waals surface area contributed by atoms with Gasteiger partial charge in [0, 0.05) is 24.0 Å². The number of hydrogen-bond acceptors (Lipinski definition) is 5. The Morgan fingerprint density at radius 2 is 1.80 bits per heavy atom. The summed E-state index contributed by atoms with van der Waals surface area (Å²) in [6.45, 7) is 4.84. The normalized spacial score (nSPS) is 10.6. The van der Waals surface area contributed by atoms with Crippen LogP contribution in [0.1, 0.15) is 34.8 Å². The third-order valence-corrected chi connectivity index (χ3v) is 5.28. The molecule has 0 atom stereocenters. The minimum absolute atomic E-state index is 0.0374. The molecule has 0 saturated carbocycles. The number of H-pyrrole nitrogens is 1. The van der Waals surface area contributed by atoms with E-state index in [-0.39, 0.29) is 12.1 Å². The van der Waals surface area contributed by atoms with E-state index in [4.69, 9.17) is 9.47 Å². The molecule has 2 aromatic carbocycles. The number of pyridine rings is 2. The Kier molecular flexibility index (Phi) is 7.57. The molecule has 2 heterocycles. The Bertz CT molecular complexity index is 1360. The summed E-state index contributed by atoms with van der Waals surface area (Å²) in [5, 5.41) is 2.78. The van der Waals surface area contributed by atoms with Crippen molar-refractivity contribution in [2.75, 3.05) is 6.61 Å². The van der Waals surface area contributed by atoms with E-state index in [1.54, 1.807) is 30.5 Å². The third kappa shape index (κ3) is 6.14. The molecule has 0 unspecified atom stereocenters. The molecule has 178 valence electrons. The third-order valence-electron chi connectivity index (χ3n) is 5.28. The number of amides is 1. The number of rotatable bonds is 9. The average molecular weight is 470 g/mol. The van der Waals surface area contributed by atoms with Crippen LogP contribution in [0.5, 0.6) is 17.4 Å². The van der Waals surface area contributed by atoms with Crippen LogP contribution in [0.25, 0.3) is 11.3 Å². The van der Waals surface area contributed by atoms with Gasteiger partial charge in [-0.05, 0) is 67.4 Å². The largest absolute Gasteiger partial charge is 0.494 e. The van der Waals surface area contributed by atoms with Gasteiger partial charge in [0.25, 0.3) is 11.5 Å². The monoisotopic (exact) mass is 469 g/mol. The second kappa shape index (κ2) is 11.2. The summed E-state index contributed by atoms with van der Waals surface area (Å²) in [6, 6.07) is 21.9. The number of ether oxygens (including phenoxy) is 2. The van der Waals surface area contributed by atoms with Crippen molar-refractivity contribution in [3.8, 4) is 28.6 Å². The predicted molar refractivity (Wildman–Crippen MR) is 135 cm³/mol. The van der Waals surface area contributed by atoms with E-state index >= 15 is 0 Å². The Morgan fingerprint density at radius 3 is 2.54 bits per heavy atom. The van der Waals surface area contributed by atoms with Gasteiger partial charge < -0.3 is 19.8 Å². The van der Waals surface area contributed by atoms with Crippen LogP contribution in [0.4, 0.5) is 0 Å². The second-order valence-corrected chi connectivity index (χ2v) is 8.06. The first-order valence-electron chi connectivity index (χ1n) is 11.5. The molecule has 7 heteroatoms. The molecule has 1 amide bonds. The van der Waals surface area contributed by atoms with E-state index < -0.39 is 11.5 Å². The van der Waals surface area contributed by atoms with Gasteiger partial charge in [-0.3, -0.25) is 9.59 Å². The number of nitrogens with one attached hydrogen (secondary N) is 2. The summed E-state index contributed by atoms with van der Waals surface area (Å²) in [5.41, 5.74) is 2.89.